The molecule has 0 aromatic heterocycles. The maximum Gasteiger partial charge on any atom is 0.326 e. The normalized spacial score (nSPS) is 11.5. The zero-order chi connectivity index (χ0) is 23.1. The summed E-state index contributed by atoms with van der Waals surface area (Å²) in [5, 5.41) is 9.80. The Labute approximate surface area is 186 Å². The number of anilines is 1. The second kappa shape index (κ2) is 10.3. The van der Waals surface area contributed by atoms with Crippen LogP contribution in [0.15, 0.2) is 78.9 Å². The minimum Gasteiger partial charge on any atom is -0.480 e. The molecule has 7 nitrogen and oxygen atoms in total. The lowest BCUT2D eigenvalue weighted by molar-refractivity contribution is -0.143. The molecular weight excluding hydrogens is 406 g/mol. The van der Waals surface area contributed by atoms with Gasteiger partial charge in [-0.2, -0.15) is 0 Å². The molecule has 0 heterocycles. The highest BCUT2D eigenvalue weighted by Crippen LogP contribution is 2.22. The van der Waals surface area contributed by atoms with Gasteiger partial charge in [0.25, 0.3) is 5.91 Å². The van der Waals surface area contributed by atoms with Crippen molar-refractivity contribution >= 4 is 23.5 Å². The van der Waals surface area contributed by atoms with Gasteiger partial charge in [0.1, 0.15) is 6.04 Å². The third-order valence-corrected chi connectivity index (χ3v) is 5.16. The standard InChI is InChI=1S/C25H25N3O4/c26-21-12-6-17(7-13-21)16-28(22(25(31)32)14-15-23(27)29)24(30)20-10-8-19(9-11-20)18-4-2-1-3-5-18/h1-13,22H,14-16,26H2,(H2,27,29)(H,31,32)/t22-/m0/s1. The zero-order valence-electron chi connectivity index (χ0n) is 17.5. The van der Waals surface area contributed by atoms with Crippen molar-refractivity contribution in [2.24, 2.45) is 5.73 Å². The summed E-state index contributed by atoms with van der Waals surface area (Å²) in [6, 6.07) is 22.4. The molecule has 0 spiro atoms. The number of nitrogens with two attached hydrogens (primary N) is 2. The van der Waals surface area contributed by atoms with Crippen molar-refractivity contribution in [2.75, 3.05) is 5.73 Å². The summed E-state index contributed by atoms with van der Waals surface area (Å²) in [4.78, 5) is 37.9. The fourth-order valence-electron chi connectivity index (χ4n) is 3.44. The van der Waals surface area contributed by atoms with E-state index in [1.165, 1.54) is 4.90 Å². The van der Waals surface area contributed by atoms with Crippen LogP contribution in [0.4, 0.5) is 5.69 Å². The van der Waals surface area contributed by atoms with Crippen molar-refractivity contribution < 1.29 is 19.5 Å². The van der Waals surface area contributed by atoms with E-state index in [4.69, 9.17) is 11.5 Å². The number of amides is 2. The van der Waals surface area contributed by atoms with Crippen molar-refractivity contribution in [3.05, 3.63) is 90.0 Å². The van der Waals surface area contributed by atoms with Gasteiger partial charge < -0.3 is 21.5 Å². The topological polar surface area (TPSA) is 127 Å². The van der Waals surface area contributed by atoms with E-state index in [9.17, 15) is 19.5 Å². The number of carboxylic acids is 1. The molecule has 3 aromatic carbocycles. The van der Waals surface area contributed by atoms with Gasteiger partial charge in [0.2, 0.25) is 5.91 Å². The molecule has 0 fully saturated rings. The van der Waals surface area contributed by atoms with Crippen LogP contribution >= 0.6 is 0 Å². The Kier molecular flexibility index (Phi) is 7.23. The first-order valence-electron chi connectivity index (χ1n) is 10.2. The molecule has 7 heteroatoms. The average Bonchev–Trinajstić information content (AvgIpc) is 2.79. The van der Waals surface area contributed by atoms with Crippen molar-refractivity contribution in [1.82, 2.24) is 4.90 Å². The Bertz CT molecular complexity index is 1080. The number of primary amides is 1. The molecule has 3 rings (SSSR count). The van der Waals surface area contributed by atoms with E-state index in [0.717, 1.165) is 16.7 Å². The van der Waals surface area contributed by atoms with Gasteiger partial charge in [-0.1, -0.05) is 54.6 Å². The predicted octanol–water partition coefficient (Wildman–Crippen LogP) is 3.30. The van der Waals surface area contributed by atoms with Crippen LogP contribution in [0, 0.1) is 0 Å². The van der Waals surface area contributed by atoms with Crippen LogP contribution < -0.4 is 11.5 Å². The Hall–Kier alpha value is -4.13. The lowest BCUT2D eigenvalue weighted by Crippen LogP contribution is -2.45. The van der Waals surface area contributed by atoms with Crippen LogP contribution in [0.1, 0.15) is 28.8 Å². The van der Waals surface area contributed by atoms with Crippen molar-refractivity contribution in [1.29, 1.82) is 0 Å². The van der Waals surface area contributed by atoms with E-state index in [1.807, 2.05) is 42.5 Å². The molecule has 1 atom stereocenters. The number of carboxylic acid groups (broad SMARTS) is 1. The molecule has 0 radical (unpaired) electrons. The van der Waals surface area contributed by atoms with Gasteiger partial charge in [-0.3, -0.25) is 9.59 Å². The SMILES string of the molecule is NC(=O)CC[C@@H](C(=O)O)N(Cc1ccc(N)cc1)C(=O)c1ccc(-c2ccccc2)cc1. The Morgan fingerprint density at radius 1 is 0.844 bits per heavy atom. The van der Waals surface area contributed by atoms with Gasteiger partial charge in [0.15, 0.2) is 0 Å². The number of rotatable bonds is 9. The molecule has 0 aliphatic carbocycles. The molecule has 2 amide bonds. The molecule has 0 saturated carbocycles. The lowest BCUT2D eigenvalue weighted by Gasteiger charge is -2.29. The minimum atomic E-state index is -1.21. The number of benzene rings is 3. The Morgan fingerprint density at radius 2 is 1.44 bits per heavy atom. The maximum absolute atomic E-state index is 13.4. The molecule has 32 heavy (non-hydrogen) atoms. The second-order valence-electron chi connectivity index (χ2n) is 7.48. The Balaban J connectivity index is 1.91. The van der Waals surface area contributed by atoms with Crippen LogP contribution in [-0.2, 0) is 16.1 Å². The molecule has 0 saturated heterocycles. The van der Waals surface area contributed by atoms with Gasteiger partial charge in [-0.05, 0) is 47.4 Å². The maximum atomic E-state index is 13.4. The number of carbonyl (C=O) groups is 3. The first-order chi connectivity index (χ1) is 15.3. The summed E-state index contributed by atoms with van der Waals surface area (Å²) < 4.78 is 0. The van der Waals surface area contributed by atoms with E-state index in [0.29, 0.717) is 11.3 Å². The monoisotopic (exact) mass is 431 g/mol. The molecule has 0 unspecified atom stereocenters. The predicted molar refractivity (Wildman–Crippen MR) is 122 cm³/mol. The molecular formula is C25H25N3O4. The van der Waals surface area contributed by atoms with Crippen LogP contribution in [0.3, 0.4) is 0 Å². The first-order valence-corrected chi connectivity index (χ1v) is 10.2. The third kappa shape index (κ3) is 5.72. The number of nitrogen functional groups attached to an aromatic ring is 1. The zero-order valence-corrected chi connectivity index (χ0v) is 17.5. The third-order valence-electron chi connectivity index (χ3n) is 5.16. The van der Waals surface area contributed by atoms with Gasteiger partial charge in [0, 0.05) is 24.2 Å². The van der Waals surface area contributed by atoms with E-state index in [-0.39, 0.29) is 19.4 Å². The number of hydrogen-bond acceptors (Lipinski definition) is 4. The van der Waals surface area contributed by atoms with Crippen LogP contribution in [-0.4, -0.2) is 33.8 Å². The highest BCUT2D eigenvalue weighted by atomic mass is 16.4. The van der Waals surface area contributed by atoms with Gasteiger partial charge in [-0.15, -0.1) is 0 Å². The summed E-state index contributed by atoms with van der Waals surface area (Å²) in [6.07, 6.45) is -0.219. The van der Waals surface area contributed by atoms with Crippen LogP contribution in [0.5, 0.6) is 0 Å². The number of aliphatic carboxylic acids is 1. The van der Waals surface area contributed by atoms with Gasteiger partial charge in [0.05, 0.1) is 0 Å². The molecule has 164 valence electrons. The van der Waals surface area contributed by atoms with Gasteiger partial charge >= 0.3 is 5.97 Å². The van der Waals surface area contributed by atoms with Crippen LogP contribution in [0.2, 0.25) is 0 Å². The van der Waals surface area contributed by atoms with Gasteiger partial charge in [-0.25, -0.2) is 4.79 Å². The average molecular weight is 431 g/mol. The number of nitrogens with zero attached hydrogens (tertiary/aromatic N) is 1. The Morgan fingerprint density at radius 3 is 2.00 bits per heavy atom. The minimum absolute atomic E-state index is 0.0509. The van der Waals surface area contributed by atoms with Crippen molar-refractivity contribution in [2.45, 2.75) is 25.4 Å². The lowest BCUT2D eigenvalue weighted by atomic mass is 10.0. The number of carbonyl (C=O) groups excluding carboxylic acids is 2. The molecule has 0 aliphatic heterocycles. The summed E-state index contributed by atoms with van der Waals surface area (Å²) in [5.74, 6) is -2.27. The highest BCUT2D eigenvalue weighted by Gasteiger charge is 2.30. The smallest absolute Gasteiger partial charge is 0.326 e. The van der Waals surface area contributed by atoms with Crippen molar-refractivity contribution in [3.8, 4) is 11.1 Å². The fourth-order valence-corrected chi connectivity index (χ4v) is 3.44. The van der Waals surface area contributed by atoms with E-state index in [2.05, 4.69) is 0 Å². The highest BCUT2D eigenvalue weighted by molar-refractivity contribution is 5.97. The van der Waals surface area contributed by atoms with Crippen molar-refractivity contribution in [3.63, 3.8) is 0 Å². The van der Waals surface area contributed by atoms with Crippen LogP contribution in [0.25, 0.3) is 11.1 Å². The molecule has 0 aliphatic rings. The molecule has 5 N–H and O–H groups in total. The molecule has 3 aromatic rings. The second-order valence-corrected chi connectivity index (χ2v) is 7.48. The van der Waals surface area contributed by atoms with E-state index >= 15 is 0 Å². The summed E-state index contributed by atoms with van der Waals surface area (Å²) >= 11 is 0. The summed E-state index contributed by atoms with van der Waals surface area (Å²) in [7, 11) is 0. The summed E-state index contributed by atoms with van der Waals surface area (Å²) in [5.41, 5.74) is 14.5. The van der Waals surface area contributed by atoms with E-state index in [1.54, 1.807) is 36.4 Å². The fraction of sp³-hybridized carbons (Fsp3) is 0.160. The molecule has 0 bridgehead atoms. The number of hydrogen-bond donors (Lipinski definition) is 3. The largest absolute Gasteiger partial charge is 0.480 e. The van der Waals surface area contributed by atoms with E-state index < -0.39 is 23.8 Å². The first kappa shape index (κ1) is 22.6. The summed E-state index contributed by atoms with van der Waals surface area (Å²) in [6.45, 7) is 0.0509. The quantitative estimate of drug-likeness (QED) is 0.448.